The number of halogens is 2. The van der Waals surface area contributed by atoms with Crippen LogP contribution in [0.1, 0.15) is 36.5 Å². The highest BCUT2D eigenvalue weighted by molar-refractivity contribution is 6.32. The van der Waals surface area contributed by atoms with Crippen molar-refractivity contribution >= 4 is 11.6 Å². The molecule has 2 aromatic carbocycles. The molecule has 0 heterocycles. The largest absolute Gasteiger partial charge is 0.207 e. The van der Waals surface area contributed by atoms with Gasteiger partial charge < -0.3 is 0 Å². The zero-order valence-electron chi connectivity index (χ0n) is 11.7. The number of rotatable bonds is 2. The molecule has 0 aromatic heterocycles. The van der Waals surface area contributed by atoms with Crippen molar-refractivity contribution in [2.45, 2.75) is 33.6 Å². The summed E-state index contributed by atoms with van der Waals surface area (Å²) in [5.74, 6) is 0.00486. The average Bonchev–Trinajstić information content (AvgIpc) is 2.34. The lowest BCUT2D eigenvalue weighted by molar-refractivity contribution is 0.599. The molecule has 0 saturated carbocycles. The molecule has 0 atom stereocenters. The first-order valence-corrected chi connectivity index (χ1v) is 6.85. The Morgan fingerprint density at radius 3 is 2.16 bits per heavy atom. The van der Waals surface area contributed by atoms with Gasteiger partial charge in [-0.25, -0.2) is 4.39 Å². The van der Waals surface area contributed by atoms with Gasteiger partial charge in [-0.05, 0) is 65.8 Å². The molecule has 0 bridgehead atoms. The van der Waals surface area contributed by atoms with E-state index in [-0.39, 0.29) is 11.7 Å². The van der Waals surface area contributed by atoms with Crippen LogP contribution in [0.15, 0.2) is 30.3 Å². The number of aryl methyl sites for hydroxylation is 2. The Morgan fingerprint density at radius 2 is 1.63 bits per heavy atom. The average molecular weight is 277 g/mol. The van der Waals surface area contributed by atoms with Crippen molar-refractivity contribution in [2.24, 2.45) is 0 Å². The van der Waals surface area contributed by atoms with Crippen LogP contribution >= 0.6 is 11.6 Å². The molecule has 0 aliphatic carbocycles. The summed E-state index contributed by atoms with van der Waals surface area (Å²) in [7, 11) is 0. The van der Waals surface area contributed by atoms with Gasteiger partial charge in [0.05, 0.1) is 0 Å². The van der Waals surface area contributed by atoms with Crippen LogP contribution in [-0.4, -0.2) is 0 Å². The van der Waals surface area contributed by atoms with Gasteiger partial charge in [-0.15, -0.1) is 0 Å². The Bertz CT molecular complexity index is 592. The lowest BCUT2D eigenvalue weighted by Crippen LogP contribution is -1.97. The van der Waals surface area contributed by atoms with E-state index < -0.39 is 0 Å². The summed E-state index contributed by atoms with van der Waals surface area (Å²) in [6, 6.07) is 9.30. The highest BCUT2D eigenvalue weighted by atomic mass is 35.5. The molecule has 2 rings (SSSR count). The summed E-state index contributed by atoms with van der Waals surface area (Å²) in [5.41, 5.74) is 4.80. The van der Waals surface area contributed by atoms with Crippen LogP contribution in [0.2, 0.25) is 5.02 Å². The van der Waals surface area contributed by atoms with Crippen LogP contribution in [0.4, 0.5) is 4.39 Å². The van der Waals surface area contributed by atoms with Crippen molar-refractivity contribution in [3.8, 4) is 11.1 Å². The topological polar surface area (TPSA) is 0 Å². The Morgan fingerprint density at radius 1 is 1.05 bits per heavy atom. The summed E-state index contributed by atoms with van der Waals surface area (Å²) >= 11 is 6.20. The molecular formula is C17H18ClF. The van der Waals surface area contributed by atoms with E-state index in [1.54, 1.807) is 6.07 Å². The van der Waals surface area contributed by atoms with E-state index in [0.717, 1.165) is 32.8 Å². The van der Waals surface area contributed by atoms with Crippen LogP contribution in [0.3, 0.4) is 0 Å². The fraction of sp³-hybridized carbons (Fsp3) is 0.294. The lowest BCUT2D eigenvalue weighted by Gasteiger charge is -2.15. The minimum absolute atomic E-state index is 0.141. The molecule has 0 unspecified atom stereocenters. The van der Waals surface area contributed by atoms with Crippen LogP contribution < -0.4 is 0 Å². The molecule has 0 aliphatic rings. The van der Waals surface area contributed by atoms with E-state index in [4.69, 9.17) is 11.6 Å². The third kappa shape index (κ3) is 2.66. The van der Waals surface area contributed by atoms with Gasteiger partial charge in [0.25, 0.3) is 0 Å². The molecule has 0 amide bonds. The van der Waals surface area contributed by atoms with Crippen LogP contribution in [-0.2, 0) is 0 Å². The summed E-state index contributed by atoms with van der Waals surface area (Å²) in [6.07, 6.45) is 0. The second kappa shape index (κ2) is 5.34. The normalized spacial score (nSPS) is 11.1. The molecule has 0 nitrogen and oxygen atoms in total. The van der Waals surface area contributed by atoms with Gasteiger partial charge in [0.2, 0.25) is 0 Å². The quantitative estimate of drug-likeness (QED) is 0.642. The zero-order valence-corrected chi connectivity index (χ0v) is 12.5. The van der Waals surface area contributed by atoms with E-state index in [0.29, 0.717) is 0 Å². The van der Waals surface area contributed by atoms with Crippen molar-refractivity contribution < 1.29 is 4.39 Å². The maximum Gasteiger partial charge on any atom is 0.127 e. The van der Waals surface area contributed by atoms with E-state index in [1.807, 2.05) is 45.9 Å². The van der Waals surface area contributed by atoms with Crippen LogP contribution in [0.25, 0.3) is 11.1 Å². The molecule has 100 valence electrons. The molecule has 0 N–H and O–H groups in total. The summed E-state index contributed by atoms with van der Waals surface area (Å²) in [4.78, 5) is 0. The molecule has 19 heavy (non-hydrogen) atoms. The predicted molar refractivity (Wildman–Crippen MR) is 80.4 cm³/mol. The molecule has 2 aromatic rings. The second-order valence-corrected chi connectivity index (χ2v) is 5.66. The zero-order chi connectivity index (χ0) is 14.2. The smallest absolute Gasteiger partial charge is 0.127 e. The van der Waals surface area contributed by atoms with Crippen molar-refractivity contribution in [1.29, 1.82) is 0 Å². The first-order valence-electron chi connectivity index (χ1n) is 6.47. The van der Waals surface area contributed by atoms with Gasteiger partial charge in [0.15, 0.2) is 0 Å². The van der Waals surface area contributed by atoms with Crippen LogP contribution in [0.5, 0.6) is 0 Å². The lowest BCUT2D eigenvalue weighted by atomic mass is 9.90. The molecular weight excluding hydrogens is 259 g/mol. The Balaban J connectivity index is 2.69. The Hall–Kier alpha value is -1.34. The summed E-state index contributed by atoms with van der Waals surface area (Å²) in [5, 5.41) is 0.784. The van der Waals surface area contributed by atoms with E-state index in [9.17, 15) is 4.39 Å². The van der Waals surface area contributed by atoms with Gasteiger partial charge in [0, 0.05) is 5.02 Å². The van der Waals surface area contributed by atoms with E-state index in [2.05, 4.69) is 0 Å². The van der Waals surface area contributed by atoms with Crippen LogP contribution in [0, 0.1) is 19.7 Å². The monoisotopic (exact) mass is 276 g/mol. The fourth-order valence-corrected chi connectivity index (χ4v) is 2.59. The molecule has 2 heteroatoms. The standard InChI is InChI=1S/C17H18ClF/c1-10(2)16-14(6-5-7-15(16)19)13-8-11(3)17(18)12(4)9-13/h5-10H,1-4H3. The predicted octanol–water partition coefficient (Wildman–Crippen LogP) is 5.89. The fourth-order valence-electron chi connectivity index (χ4n) is 2.48. The molecule has 0 fully saturated rings. The summed E-state index contributed by atoms with van der Waals surface area (Å²) < 4.78 is 14.0. The van der Waals surface area contributed by atoms with Crippen molar-refractivity contribution in [2.75, 3.05) is 0 Å². The molecule has 0 spiro atoms. The first-order chi connectivity index (χ1) is 8.91. The number of benzene rings is 2. The maximum absolute atomic E-state index is 14.0. The maximum atomic E-state index is 14.0. The van der Waals surface area contributed by atoms with Gasteiger partial charge in [-0.2, -0.15) is 0 Å². The van der Waals surface area contributed by atoms with Crippen molar-refractivity contribution in [3.05, 3.63) is 57.9 Å². The SMILES string of the molecule is Cc1cc(-c2cccc(F)c2C(C)C)cc(C)c1Cl. The van der Waals surface area contributed by atoms with Gasteiger partial charge in [-0.1, -0.05) is 37.6 Å². The molecule has 0 saturated heterocycles. The molecule has 0 radical (unpaired) electrons. The van der Waals surface area contributed by atoms with E-state index >= 15 is 0 Å². The van der Waals surface area contributed by atoms with Crippen molar-refractivity contribution in [1.82, 2.24) is 0 Å². The third-order valence-electron chi connectivity index (χ3n) is 3.38. The Kier molecular flexibility index (Phi) is 3.96. The molecule has 0 aliphatic heterocycles. The summed E-state index contributed by atoms with van der Waals surface area (Å²) in [6.45, 7) is 7.98. The minimum atomic E-state index is -0.141. The number of hydrogen-bond acceptors (Lipinski definition) is 0. The first kappa shape index (κ1) is 14.1. The van der Waals surface area contributed by atoms with Gasteiger partial charge in [-0.3, -0.25) is 0 Å². The van der Waals surface area contributed by atoms with Gasteiger partial charge in [0.1, 0.15) is 5.82 Å². The third-order valence-corrected chi connectivity index (χ3v) is 3.97. The van der Waals surface area contributed by atoms with E-state index in [1.165, 1.54) is 6.07 Å². The Labute approximate surface area is 119 Å². The minimum Gasteiger partial charge on any atom is -0.207 e. The van der Waals surface area contributed by atoms with Crippen molar-refractivity contribution in [3.63, 3.8) is 0 Å². The second-order valence-electron chi connectivity index (χ2n) is 5.28. The highest BCUT2D eigenvalue weighted by Gasteiger charge is 2.14. The highest BCUT2D eigenvalue weighted by Crippen LogP contribution is 2.34. The number of hydrogen-bond donors (Lipinski definition) is 0. The van der Waals surface area contributed by atoms with Gasteiger partial charge >= 0.3 is 0 Å².